The van der Waals surface area contributed by atoms with Gasteiger partial charge in [-0.2, -0.15) is 5.10 Å². The van der Waals surface area contributed by atoms with Gasteiger partial charge in [-0.1, -0.05) is 12.1 Å². The molecule has 0 radical (unpaired) electrons. The number of H-pyrrole nitrogens is 1. The fraction of sp³-hybridized carbons (Fsp3) is 0.320. The Morgan fingerprint density at radius 3 is 2.94 bits per heavy atom. The summed E-state index contributed by atoms with van der Waals surface area (Å²) in [4.78, 5) is 19.2. The van der Waals surface area contributed by atoms with E-state index in [9.17, 15) is 4.79 Å². The summed E-state index contributed by atoms with van der Waals surface area (Å²) in [5.41, 5.74) is 4.86. The number of hydrogen-bond acceptors (Lipinski definition) is 5. The Morgan fingerprint density at radius 2 is 2.19 bits per heavy atom. The maximum atomic E-state index is 13.1. The number of rotatable bonds is 7. The number of likely N-dealkylation sites (tertiary alicyclic amines) is 1. The van der Waals surface area contributed by atoms with E-state index >= 15 is 0 Å². The van der Waals surface area contributed by atoms with Crippen LogP contribution in [0.1, 0.15) is 29.3 Å². The number of aromatic amines is 1. The van der Waals surface area contributed by atoms with Gasteiger partial charge in [0.05, 0.1) is 13.3 Å². The molecule has 32 heavy (non-hydrogen) atoms. The monoisotopic (exact) mass is 431 g/mol. The lowest BCUT2D eigenvalue weighted by atomic mass is 10.0. The quantitative estimate of drug-likeness (QED) is 0.552. The van der Waals surface area contributed by atoms with Gasteiger partial charge in [-0.15, -0.1) is 0 Å². The summed E-state index contributed by atoms with van der Waals surface area (Å²) >= 11 is 0. The summed E-state index contributed by atoms with van der Waals surface area (Å²) in [5.74, 6) is 1.13. The van der Waals surface area contributed by atoms with Crippen LogP contribution in [-0.4, -0.2) is 60.5 Å². The number of nitrogens with one attached hydrogen (secondary N) is 2. The minimum Gasteiger partial charge on any atom is -0.497 e. The SMILES string of the molecule is C/N=C\c1cc(-c2cn[nH]c2)ccc1NC[C@@H]1C[C@H](C)N(C(=O)c2cccc(OC)c2)C1. The van der Waals surface area contributed by atoms with Gasteiger partial charge in [0.1, 0.15) is 5.75 Å². The van der Waals surface area contributed by atoms with Crippen molar-refractivity contribution in [2.45, 2.75) is 19.4 Å². The van der Waals surface area contributed by atoms with Crippen LogP contribution in [0.4, 0.5) is 5.69 Å². The minimum absolute atomic E-state index is 0.0576. The molecule has 0 unspecified atom stereocenters. The van der Waals surface area contributed by atoms with Gasteiger partial charge in [0, 0.05) is 61.0 Å². The molecule has 7 nitrogen and oxygen atoms in total. The molecule has 4 rings (SSSR count). The molecule has 1 amide bonds. The molecule has 1 fully saturated rings. The molecule has 166 valence electrons. The third kappa shape index (κ3) is 4.66. The van der Waals surface area contributed by atoms with Crippen molar-refractivity contribution in [1.29, 1.82) is 0 Å². The van der Waals surface area contributed by atoms with E-state index in [2.05, 4.69) is 45.6 Å². The van der Waals surface area contributed by atoms with Crippen LogP contribution < -0.4 is 10.1 Å². The van der Waals surface area contributed by atoms with Crippen LogP contribution in [0.15, 0.2) is 59.9 Å². The van der Waals surface area contributed by atoms with Crippen molar-refractivity contribution < 1.29 is 9.53 Å². The number of carbonyl (C=O) groups is 1. The van der Waals surface area contributed by atoms with Gasteiger partial charge in [-0.25, -0.2) is 0 Å². The van der Waals surface area contributed by atoms with Crippen molar-refractivity contribution >= 4 is 17.8 Å². The van der Waals surface area contributed by atoms with Gasteiger partial charge in [0.2, 0.25) is 0 Å². The predicted molar refractivity (Wildman–Crippen MR) is 128 cm³/mol. The minimum atomic E-state index is 0.0576. The molecule has 1 aliphatic heterocycles. The molecule has 2 aromatic carbocycles. The first-order valence-corrected chi connectivity index (χ1v) is 10.8. The maximum absolute atomic E-state index is 13.1. The van der Waals surface area contributed by atoms with Gasteiger partial charge >= 0.3 is 0 Å². The highest BCUT2D eigenvalue weighted by Gasteiger charge is 2.32. The zero-order chi connectivity index (χ0) is 22.5. The Bertz CT molecular complexity index is 1090. The fourth-order valence-corrected chi connectivity index (χ4v) is 4.31. The molecule has 1 saturated heterocycles. The summed E-state index contributed by atoms with van der Waals surface area (Å²) in [6, 6.07) is 13.8. The lowest BCUT2D eigenvalue weighted by molar-refractivity contribution is 0.0743. The highest BCUT2D eigenvalue weighted by molar-refractivity contribution is 5.95. The molecular weight excluding hydrogens is 402 g/mol. The lowest BCUT2D eigenvalue weighted by Gasteiger charge is -2.22. The van der Waals surface area contributed by atoms with Gasteiger partial charge in [0.15, 0.2) is 0 Å². The highest BCUT2D eigenvalue weighted by atomic mass is 16.5. The van der Waals surface area contributed by atoms with E-state index in [0.717, 1.165) is 41.9 Å². The molecular formula is C25H29N5O2. The van der Waals surface area contributed by atoms with Crippen molar-refractivity contribution in [2.75, 3.05) is 32.6 Å². The van der Waals surface area contributed by atoms with E-state index in [-0.39, 0.29) is 11.9 Å². The maximum Gasteiger partial charge on any atom is 0.254 e. The van der Waals surface area contributed by atoms with Crippen LogP contribution in [-0.2, 0) is 0 Å². The molecule has 0 saturated carbocycles. The van der Waals surface area contributed by atoms with Crippen LogP contribution in [0.3, 0.4) is 0 Å². The number of amides is 1. The van der Waals surface area contributed by atoms with Crippen LogP contribution in [0, 0.1) is 5.92 Å². The van der Waals surface area contributed by atoms with Crippen LogP contribution in [0.5, 0.6) is 5.75 Å². The van der Waals surface area contributed by atoms with E-state index < -0.39 is 0 Å². The molecule has 2 atom stereocenters. The fourth-order valence-electron chi connectivity index (χ4n) is 4.31. The first-order chi connectivity index (χ1) is 15.6. The number of methoxy groups -OCH3 is 1. The smallest absolute Gasteiger partial charge is 0.254 e. The second-order valence-corrected chi connectivity index (χ2v) is 8.20. The Balaban J connectivity index is 1.42. The summed E-state index contributed by atoms with van der Waals surface area (Å²) in [6.45, 7) is 3.64. The van der Waals surface area contributed by atoms with Crippen LogP contribution >= 0.6 is 0 Å². The molecule has 1 aromatic heterocycles. The first-order valence-electron chi connectivity index (χ1n) is 10.8. The highest BCUT2D eigenvalue weighted by Crippen LogP contribution is 2.28. The lowest BCUT2D eigenvalue weighted by Crippen LogP contribution is -2.34. The largest absolute Gasteiger partial charge is 0.497 e. The summed E-state index contributed by atoms with van der Waals surface area (Å²) in [6.07, 6.45) is 6.51. The van der Waals surface area contributed by atoms with Crippen LogP contribution in [0.2, 0.25) is 0 Å². The van der Waals surface area contributed by atoms with Gasteiger partial charge < -0.3 is 15.0 Å². The van der Waals surface area contributed by atoms with Crippen LogP contribution in [0.25, 0.3) is 11.1 Å². The molecule has 0 spiro atoms. The Hall–Kier alpha value is -3.61. The van der Waals surface area contributed by atoms with Crippen molar-refractivity contribution in [3.05, 3.63) is 66.0 Å². The van der Waals surface area contributed by atoms with Crippen molar-refractivity contribution in [3.63, 3.8) is 0 Å². The molecule has 0 bridgehead atoms. The van der Waals surface area contributed by atoms with E-state index in [1.54, 1.807) is 20.2 Å². The van der Waals surface area contributed by atoms with Gasteiger partial charge in [0.25, 0.3) is 5.91 Å². The summed E-state index contributed by atoms with van der Waals surface area (Å²) in [5, 5.41) is 10.5. The van der Waals surface area contributed by atoms with E-state index in [1.807, 2.05) is 41.7 Å². The number of aliphatic imine (C=N–C) groups is 1. The zero-order valence-corrected chi connectivity index (χ0v) is 18.7. The van der Waals surface area contributed by atoms with Gasteiger partial charge in [-0.05, 0) is 55.2 Å². The topological polar surface area (TPSA) is 82.6 Å². The average Bonchev–Trinajstić information content (AvgIpc) is 3.48. The molecule has 2 heterocycles. The molecule has 0 aliphatic carbocycles. The molecule has 7 heteroatoms. The predicted octanol–water partition coefficient (Wildman–Crippen LogP) is 4.10. The Labute approximate surface area is 188 Å². The zero-order valence-electron chi connectivity index (χ0n) is 18.7. The second-order valence-electron chi connectivity index (χ2n) is 8.20. The van der Waals surface area contributed by atoms with Crippen molar-refractivity contribution in [3.8, 4) is 16.9 Å². The van der Waals surface area contributed by atoms with Crippen molar-refractivity contribution in [2.24, 2.45) is 10.9 Å². The number of benzene rings is 2. The van der Waals surface area contributed by atoms with Gasteiger partial charge in [-0.3, -0.25) is 14.9 Å². The summed E-state index contributed by atoms with van der Waals surface area (Å²) < 4.78 is 5.27. The number of hydrogen-bond donors (Lipinski definition) is 2. The third-order valence-electron chi connectivity index (χ3n) is 5.97. The standard InChI is InChI=1S/C25H29N5O2/c1-17-9-18(16-30(17)25(31)20-5-4-6-23(11-20)32-3)12-27-24-8-7-19(10-21(24)13-26-2)22-14-28-29-15-22/h4-8,10-11,13-15,17-18,27H,9,12,16H2,1-3H3,(H,28,29)/b26-13-/t17-,18-/m0/s1. The van der Waals surface area contributed by atoms with E-state index in [0.29, 0.717) is 17.2 Å². The van der Waals surface area contributed by atoms with E-state index in [1.165, 1.54) is 0 Å². The van der Waals surface area contributed by atoms with E-state index in [4.69, 9.17) is 4.74 Å². The number of carbonyl (C=O) groups excluding carboxylic acids is 1. The molecule has 3 aromatic rings. The number of aromatic nitrogens is 2. The average molecular weight is 432 g/mol. The number of anilines is 1. The Morgan fingerprint density at radius 1 is 1.31 bits per heavy atom. The third-order valence-corrected chi connectivity index (χ3v) is 5.97. The number of ether oxygens (including phenoxy) is 1. The molecule has 1 aliphatic rings. The summed E-state index contributed by atoms with van der Waals surface area (Å²) in [7, 11) is 3.39. The number of nitrogens with zero attached hydrogens (tertiary/aromatic N) is 3. The normalized spacial score (nSPS) is 18.3. The van der Waals surface area contributed by atoms with Crippen molar-refractivity contribution in [1.82, 2.24) is 15.1 Å². The Kier molecular flexibility index (Phi) is 6.54. The second kappa shape index (κ2) is 9.68. The first kappa shape index (κ1) is 21.6. The molecule has 2 N–H and O–H groups in total.